The molecule has 0 aromatic carbocycles. The first-order valence-electron chi connectivity index (χ1n) is 5.73. The summed E-state index contributed by atoms with van der Waals surface area (Å²) in [6, 6.07) is 5.57. The molecule has 0 aliphatic carbocycles. The van der Waals surface area contributed by atoms with E-state index in [0.717, 1.165) is 0 Å². The van der Waals surface area contributed by atoms with E-state index in [1.165, 1.54) is 30.8 Å². The molecule has 1 saturated heterocycles. The third-order valence-corrected chi connectivity index (χ3v) is 4.23. The maximum Gasteiger partial charge on any atom is 0.0388 e. The van der Waals surface area contributed by atoms with Crippen LogP contribution in [0.1, 0.15) is 30.7 Å². The Morgan fingerprint density at radius 2 is 2.20 bits per heavy atom. The molecule has 2 heterocycles. The standard InChI is InChI=1S/C12H20N2S/c1-10(12-4-3-9-15-12)13-11-5-7-14(2)8-6-11/h3-4,9-11,13H,5-8H2,1-2H3/t10-/m0/s1. The topological polar surface area (TPSA) is 15.3 Å². The average Bonchev–Trinajstić information content (AvgIpc) is 2.74. The number of nitrogens with zero attached hydrogens (tertiary/aromatic N) is 1. The van der Waals surface area contributed by atoms with E-state index in [1.54, 1.807) is 0 Å². The van der Waals surface area contributed by atoms with Gasteiger partial charge in [-0.2, -0.15) is 0 Å². The zero-order chi connectivity index (χ0) is 10.7. The van der Waals surface area contributed by atoms with Crippen LogP contribution in [0.3, 0.4) is 0 Å². The molecule has 0 unspecified atom stereocenters. The number of nitrogens with one attached hydrogen (secondary N) is 1. The van der Waals surface area contributed by atoms with Gasteiger partial charge in [0.15, 0.2) is 0 Å². The second-order valence-electron chi connectivity index (χ2n) is 4.48. The van der Waals surface area contributed by atoms with Gasteiger partial charge in [-0.05, 0) is 51.3 Å². The van der Waals surface area contributed by atoms with Crippen LogP contribution in [-0.4, -0.2) is 31.1 Å². The second-order valence-corrected chi connectivity index (χ2v) is 5.46. The van der Waals surface area contributed by atoms with Gasteiger partial charge in [0.05, 0.1) is 0 Å². The fourth-order valence-corrected chi connectivity index (χ4v) is 2.89. The van der Waals surface area contributed by atoms with Crippen molar-refractivity contribution >= 4 is 11.3 Å². The minimum Gasteiger partial charge on any atom is -0.307 e. The lowest BCUT2D eigenvalue weighted by atomic mass is 10.0. The van der Waals surface area contributed by atoms with Gasteiger partial charge in [0.2, 0.25) is 0 Å². The molecular weight excluding hydrogens is 204 g/mol. The van der Waals surface area contributed by atoms with E-state index in [-0.39, 0.29) is 0 Å². The number of thiophene rings is 1. The van der Waals surface area contributed by atoms with Crippen molar-refractivity contribution in [1.29, 1.82) is 0 Å². The summed E-state index contributed by atoms with van der Waals surface area (Å²) in [7, 11) is 2.21. The number of hydrogen-bond acceptors (Lipinski definition) is 3. The van der Waals surface area contributed by atoms with Crippen LogP contribution in [0.15, 0.2) is 17.5 Å². The number of piperidine rings is 1. The lowest BCUT2D eigenvalue weighted by Crippen LogP contribution is -2.41. The number of hydrogen-bond donors (Lipinski definition) is 1. The van der Waals surface area contributed by atoms with Crippen molar-refractivity contribution in [1.82, 2.24) is 10.2 Å². The molecule has 0 spiro atoms. The van der Waals surface area contributed by atoms with Crippen LogP contribution in [0.2, 0.25) is 0 Å². The molecule has 0 bridgehead atoms. The van der Waals surface area contributed by atoms with Crippen LogP contribution in [0.4, 0.5) is 0 Å². The highest BCUT2D eigenvalue weighted by Crippen LogP contribution is 2.20. The van der Waals surface area contributed by atoms with E-state index < -0.39 is 0 Å². The van der Waals surface area contributed by atoms with Gasteiger partial charge in [0.1, 0.15) is 0 Å². The van der Waals surface area contributed by atoms with Crippen molar-refractivity contribution in [3.63, 3.8) is 0 Å². The number of rotatable bonds is 3. The van der Waals surface area contributed by atoms with Crippen molar-refractivity contribution in [3.8, 4) is 0 Å². The van der Waals surface area contributed by atoms with Crippen LogP contribution >= 0.6 is 11.3 Å². The van der Waals surface area contributed by atoms with Gasteiger partial charge in [-0.15, -0.1) is 11.3 Å². The lowest BCUT2D eigenvalue weighted by molar-refractivity contribution is 0.227. The van der Waals surface area contributed by atoms with E-state index >= 15 is 0 Å². The molecule has 3 heteroatoms. The molecule has 2 nitrogen and oxygen atoms in total. The predicted molar refractivity (Wildman–Crippen MR) is 66.4 cm³/mol. The van der Waals surface area contributed by atoms with Crippen LogP contribution in [0.25, 0.3) is 0 Å². The Labute approximate surface area is 96.3 Å². The molecule has 1 aromatic rings. The van der Waals surface area contributed by atoms with Gasteiger partial charge in [0.25, 0.3) is 0 Å². The van der Waals surface area contributed by atoms with E-state index in [0.29, 0.717) is 12.1 Å². The third kappa shape index (κ3) is 3.03. The van der Waals surface area contributed by atoms with Crippen LogP contribution in [0, 0.1) is 0 Å². The molecule has 15 heavy (non-hydrogen) atoms. The van der Waals surface area contributed by atoms with Crippen LogP contribution in [0.5, 0.6) is 0 Å². The molecule has 0 amide bonds. The van der Waals surface area contributed by atoms with Crippen LogP contribution < -0.4 is 5.32 Å². The van der Waals surface area contributed by atoms with Gasteiger partial charge >= 0.3 is 0 Å². The molecule has 1 atom stereocenters. The van der Waals surface area contributed by atoms with Crippen LogP contribution in [-0.2, 0) is 0 Å². The normalized spacial score (nSPS) is 21.7. The first-order chi connectivity index (χ1) is 7.25. The van der Waals surface area contributed by atoms with Crippen molar-refractivity contribution in [3.05, 3.63) is 22.4 Å². The monoisotopic (exact) mass is 224 g/mol. The smallest absolute Gasteiger partial charge is 0.0388 e. The average molecular weight is 224 g/mol. The van der Waals surface area contributed by atoms with Crippen molar-refractivity contribution in [2.45, 2.75) is 31.8 Å². The van der Waals surface area contributed by atoms with Gasteiger partial charge < -0.3 is 10.2 Å². The Hall–Kier alpha value is -0.380. The van der Waals surface area contributed by atoms with E-state index in [4.69, 9.17) is 0 Å². The molecule has 84 valence electrons. The fraction of sp³-hybridized carbons (Fsp3) is 0.667. The summed E-state index contributed by atoms with van der Waals surface area (Å²) < 4.78 is 0. The van der Waals surface area contributed by atoms with E-state index in [2.05, 4.69) is 41.7 Å². The minimum absolute atomic E-state index is 0.512. The Morgan fingerprint density at radius 1 is 1.47 bits per heavy atom. The highest BCUT2D eigenvalue weighted by Gasteiger charge is 2.18. The number of likely N-dealkylation sites (tertiary alicyclic amines) is 1. The van der Waals surface area contributed by atoms with E-state index in [1.807, 2.05) is 11.3 Å². The first kappa shape index (κ1) is 11.1. The zero-order valence-electron chi connectivity index (χ0n) is 9.57. The van der Waals surface area contributed by atoms with Crippen molar-refractivity contribution in [2.75, 3.05) is 20.1 Å². The summed E-state index contributed by atoms with van der Waals surface area (Å²) in [5, 5.41) is 5.88. The Kier molecular flexibility index (Phi) is 3.78. The Balaban J connectivity index is 1.82. The minimum atomic E-state index is 0.512. The first-order valence-corrected chi connectivity index (χ1v) is 6.61. The van der Waals surface area contributed by atoms with Gasteiger partial charge in [0, 0.05) is 17.0 Å². The highest BCUT2D eigenvalue weighted by molar-refractivity contribution is 7.10. The Bertz CT molecular complexity index is 276. The Morgan fingerprint density at radius 3 is 2.80 bits per heavy atom. The zero-order valence-corrected chi connectivity index (χ0v) is 10.4. The molecule has 1 fully saturated rings. The maximum absolute atomic E-state index is 3.73. The van der Waals surface area contributed by atoms with E-state index in [9.17, 15) is 0 Å². The highest BCUT2D eigenvalue weighted by atomic mass is 32.1. The van der Waals surface area contributed by atoms with Gasteiger partial charge in [-0.25, -0.2) is 0 Å². The molecule has 1 N–H and O–H groups in total. The SMILES string of the molecule is C[C@H](NC1CCN(C)CC1)c1cccs1. The second kappa shape index (κ2) is 5.10. The van der Waals surface area contributed by atoms with Gasteiger partial charge in [-0.3, -0.25) is 0 Å². The predicted octanol–water partition coefficient (Wildman–Crippen LogP) is 2.49. The summed E-state index contributed by atoms with van der Waals surface area (Å²) in [5.41, 5.74) is 0. The fourth-order valence-electron chi connectivity index (χ4n) is 2.15. The molecular formula is C12H20N2S. The maximum atomic E-state index is 3.73. The molecule has 1 aromatic heterocycles. The summed E-state index contributed by atoms with van der Waals surface area (Å²) in [6.45, 7) is 4.73. The molecule has 0 saturated carbocycles. The summed E-state index contributed by atoms with van der Waals surface area (Å²) in [6.07, 6.45) is 2.57. The largest absolute Gasteiger partial charge is 0.307 e. The molecule has 1 aliphatic heterocycles. The quantitative estimate of drug-likeness (QED) is 0.848. The summed E-state index contributed by atoms with van der Waals surface area (Å²) >= 11 is 1.85. The third-order valence-electron chi connectivity index (χ3n) is 3.17. The molecule has 0 radical (unpaired) electrons. The van der Waals surface area contributed by atoms with Crippen molar-refractivity contribution < 1.29 is 0 Å². The molecule has 1 aliphatic rings. The summed E-state index contributed by atoms with van der Waals surface area (Å²) in [4.78, 5) is 3.86. The van der Waals surface area contributed by atoms with Gasteiger partial charge in [-0.1, -0.05) is 6.07 Å². The molecule has 2 rings (SSSR count). The summed E-state index contributed by atoms with van der Waals surface area (Å²) in [5.74, 6) is 0. The van der Waals surface area contributed by atoms with Crippen molar-refractivity contribution in [2.24, 2.45) is 0 Å². The lowest BCUT2D eigenvalue weighted by Gasteiger charge is -2.31.